The van der Waals surface area contributed by atoms with E-state index in [-0.39, 0.29) is 17.6 Å². The van der Waals surface area contributed by atoms with Crippen LogP contribution >= 0.6 is 23.2 Å². The van der Waals surface area contributed by atoms with Crippen molar-refractivity contribution in [1.82, 2.24) is 13.9 Å². The zero-order chi connectivity index (χ0) is 31.5. The quantitative estimate of drug-likeness (QED) is 0.363. The number of nitrogens with zero attached hydrogens (tertiary/aromatic N) is 2. The molecule has 2 aromatic carbocycles. The van der Waals surface area contributed by atoms with Crippen LogP contribution in [0.2, 0.25) is 10.0 Å². The van der Waals surface area contributed by atoms with Crippen molar-refractivity contribution in [2.24, 2.45) is 0 Å². The van der Waals surface area contributed by atoms with Gasteiger partial charge < -0.3 is 9.84 Å². The van der Waals surface area contributed by atoms with Crippen LogP contribution < -0.4 is 9.46 Å². The number of carboxylic acids is 1. The third kappa shape index (κ3) is 9.17. The van der Waals surface area contributed by atoms with Crippen LogP contribution in [0.4, 0.5) is 17.6 Å². The molecule has 5 rings (SSSR count). The molecule has 0 aromatic heterocycles. The molecule has 43 heavy (non-hydrogen) atoms. The minimum absolute atomic E-state index is 0.0369. The lowest BCUT2D eigenvalue weighted by atomic mass is 9.97. The summed E-state index contributed by atoms with van der Waals surface area (Å²) in [4.78, 5) is 23.8. The fraction of sp³-hybridized carbons (Fsp3) is 0.481. The summed E-state index contributed by atoms with van der Waals surface area (Å²) >= 11 is 12.1. The fourth-order valence-corrected chi connectivity index (χ4v) is 6.41. The monoisotopic (exact) mass is 669 g/mol. The van der Waals surface area contributed by atoms with Gasteiger partial charge in [-0.1, -0.05) is 23.2 Å². The van der Waals surface area contributed by atoms with Crippen LogP contribution in [0.5, 0.6) is 5.75 Å². The second-order valence-corrected chi connectivity index (χ2v) is 13.0. The molecule has 2 saturated heterocycles. The first-order valence-electron chi connectivity index (χ1n) is 13.4. The number of aliphatic carboxylic acids is 1. The van der Waals surface area contributed by atoms with Crippen molar-refractivity contribution in [1.29, 1.82) is 0 Å². The molecule has 2 aromatic rings. The number of amides is 1. The number of hydrogen-bond acceptors (Lipinski definition) is 6. The summed E-state index contributed by atoms with van der Waals surface area (Å²) in [5.74, 6) is -3.47. The number of nitrogens with one attached hydrogen (secondary N) is 1. The first-order chi connectivity index (χ1) is 20.1. The van der Waals surface area contributed by atoms with Gasteiger partial charge in [-0.2, -0.15) is 25.9 Å². The van der Waals surface area contributed by atoms with Gasteiger partial charge in [-0.15, -0.1) is 0 Å². The van der Waals surface area contributed by atoms with E-state index in [9.17, 15) is 26.4 Å². The highest BCUT2D eigenvalue weighted by Gasteiger charge is 2.38. The van der Waals surface area contributed by atoms with Gasteiger partial charge in [0.1, 0.15) is 17.7 Å². The van der Waals surface area contributed by atoms with Gasteiger partial charge in [-0.25, -0.2) is 13.9 Å². The Morgan fingerprint density at radius 3 is 2.05 bits per heavy atom. The molecule has 0 unspecified atom stereocenters. The van der Waals surface area contributed by atoms with Crippen molar-refractivity contribution in [3.63, 3.8) is 0 Å². The van der Waals surface area contributed by atoms with Crippen molar-refractivity contribution < 1.29 is 45.4 Å². The number of alkyl halides is 3. The summed E-state index contributed by atoms with van der Waals surface area (Å²) in [6.07, 6.45) is -0.730. The SMILES string of the molecule is O=C(NS(=O)(=O)N1CCC1)c1cc(C2CC2)c(CN2CCC(Oc3cc(Cl)cc(Cl)c3)CC2)cc1F.O=C(O)C(F)(F)F. The summed E-state index contributed by atoms with van der Waals surface area (Å²) in [5.41, 5.74) is 1.55. The number of carboxylic acid groups (broad SMARTS) is 1. The minimum atomic E-state index is -5.08. The van der Waals surface area contributed by atoms with E-state index in [0.29, 0.717) is 35.4 Å². The van der Waals surface area contributed by atoms with Crippen molar-refractivity contribution >= 4 is 45.3 Å². The predicted octanol–water partition coefficient (Wildman–Crippen LogP) is 5.37. The number of hydrogen-bond donors (Lipinski definition) is 2. The lowest BCUT2D eigenvalue weighted by Gasteiger charge is -2.32. The highest BCUT2D eigenvalue weighted by molar-refractivity contribution is 7.87. The average Bonchev–Trinajstić information content (AvgIpc) is 3.68. The molecular formula is C27H29Cl2F4N3O6S. The summed E-state index contributed by atoms with van der Waals surface area (Å²) < 4.78 is 80.6. The number of likely N-dealkylation sites (tertiary alicyclic amines) is 1. The zero-order valence-electron chi connectivity index (χ0n) is 22.7. The predicted molar refractivity (Wildman–Crippen MR) is 150 cm³/mol. The molecule has 3 fully saturated rings. The van der Waals surface area contributed by atoms with Crippen molar-refractivity contribution in [2.45, 2.75) is 56.8 Å². The van der Waals surface area contributed by atoms with Gasteiger partial charge in [0.05, 0.1) is 5.56 Å². The molecule has 2 heterocycles. The largest absolute Gasteiger partial charge is 0.490 e. The molecule has 9 nitrogen and oxygen atoms in total. The van der Waals surface area contributed by atoms with E-state index in [1.165, 1.54) is 10.4 Å². The lowest BCUT2D eigenvalue weighted by Crippen LogP contribution is -2.49. The molecular weight excluding hydrogens is 641 g/mol. The van der Waals surface area contributed by atoms with Gasteiger partial charge in [-0.3, -0.25) is 9.69 Å². The molecule has 0 radical (unpaired) electrons. The summed E-state index contributed by atoms with van der Waals surface area (Å²) in [7, 11) is -3.94. The molecule has 0 spiro atoms. The van der Waals surface area contributed by atoms with Gasteiger partial charge in [0.25, 0.3) is 5.91 Å². The highest BCUT2D eigenvalue weighted by atomic mass is 35.5. The number of carbonyl (C=O) groups excluding carboxylic acids is 1. The van der Waals surface area contributed by atoms with Gasteiger partial charge in [0.2, 0.25) is 0 Å². The van der Waals surface area contributed by atoms with Crippen LogP contribution in [0.3, 0.4) is 0 Å². The van der Waals surface area contributed by atoms with Crippen molar-refractivity contribution in [2.75, 3.05) is 26.2 Å². The van der Waals surface area contributed by atoms with Gasteiger partial charge >= 0.3 is 22.4 Å². The summed E-state index contributed by atoms with van der Waals surface area (Å²) in [6, 6.07) is 8.10. The number of piperidine rings is 1. The number of benzene rings is 2. The van der Waals surface area contributed by atoms with E-state index in [0.717, 1.165) is 56.3 Å². The fourth-order valence-electron chi connectivity index (χ4n) is 4.70. The molecule has 3 aliphatic rings. The Morgan fingerprint density at radius 1 is 0.977 bits per heavy atom. The van der Waals surface area contributed by atoms with Crippen LogP contribution in [0.1, 0.15) is 59.5 Å². The van der Waals surface area contributed by atoms with E-state index in [2.05, 4.69) is 4.90 Å². The standard InChI is InChI=1S/C25H28Cl2FN3O4S.C2HF3O2/c26-18-11-19(27)13-21(12-18)35-20-4-8-30(9-5-20)15-17-10-24(28)23(14-22(17)16-2-3-16)25(32)29-36(33,34)31-6-1-7-31;3-2(4,5)1(6)7/h10-14,16,20H,1-9,15H2,(H,29,32);(H,6,7). The van der Waals surface area contributed by atoms with Gasteiger partial charge in [-0.05, 0) is 79.5 Å². The second-order valence-electron chi connectivity index (χ2n) is 10.5. The Kier molecular flexibility index (Phi) is 10.5. The number of carbonyl (C=O) groups is 2. The maximum atomic E-state index is 15.0. The van der Waals surface area contributed by atoms with Crippen molar-refractivity contribution in [3.05, 3.63) is 62.9 Å². The van der Waals surface area contributed by atoms with Crippen LogP contribution in [0.15, 0.2) is 30.3 Å². The molecule has 2 N–H and O–H groups in total. The van der Waals surface area contributed by atoms with Crippen molar-refractivity contribution in [3.8, 4) is 5.75 Å². The third-order valence-electron chi connectivity index (χ3n) is 7.18. The molecule has 2 aliphatic heterocycles. The van der Waals surface area contributed by atoms with E-state index in [1.807, 2.05) is 4.72 Å². The van der Waals surface area contributed by atoms with Crippen LogP contribution in [0.25, 0.3) is 0 Å². The van der Waals surface area contributed by atoms with Gasteiger partial charge in [0, 0.05) is 42.8 Å². The smallest absolute Gasteiger partial charge is 0.490 e. The summed E-state index contributed by atoms with van der Waals surface area (Å²) in [6.45, 7) is 2.85. The van der Waals surface area contributed by atoms with Crippen LogP contribution in [-0.4, -0.2) is 73.1 Å². The zero-order valence-corrected chi connectivity index (χ0v) is 25.0. The summed E-state index contributed by atoms with van der Waals surface area (Å²) in [5, 5.41) is 8.18. The molecule has 1 saturated carbocycles. The van der Waals surface area contributed by atoms with E-state index in [1.54, 1.807) is 24.3 Å². The molecule has 1 amide bonds. The normalized spacial score (nSPS) is 18.3. The number of rotatable bonds is 8. The molecule has 0 atom stereocenters. The van der Waals surface area contributed by atoms with Crippen LogP contribution in [-0.2, 0) is 21.5 Å². The Hall–Kier alpha value is -2.65. The third-order valence-corrected chi connectivity index (χ3v) is 9.10. The maximum Gasteiger partial charge on any atom is 0.490 e. The highest BCUT2D eigenvalue weighted by Crippen LogP contribution is 2.43. The first-order valence-corrected chi connectivity index (χ1v) is 15.6. The van der Waals surface area contributed by atoms with E-state index < -0.39 is 34.1 Å². The molecule has 16 heteroatoms. The second kappa shape index (κ2) is 13.6. The molecule has 236 valence electrons. The minimum Gasteiger partial charge on any atom is -0.490 e. The number of ether oxygens (including phenoxy) is 1. The Bertz CT molecular complexity index is 1440. The maximum absolute atomic E-state index is 15.0. The Labute approximate surface area is 255 Å². The Balaban J connectivity index is 0.000000541. The topological polar surface area (TPSA) is 116 Å². The number of halogens is 6. The van der Waals surface area contributed by atoms with Crippen LogP contribution in [0, 0.1) is 5.82 Å². The average molecular weight is 671 g/mol. The first kappa shape index (κ1) is 33.2. The van der Waals surface area contributed by atoms with E-state index >= 15 is 4.39 Å². The molecule has 0 bridgehead atoms. The van der Waals surface area contributed by atoms with Gasteiger partial charge in [0.15, 0.2) is 0 Å². The van der Waals surface area contributed by atoms with E-state index in [4.69, 9.17) is 37.8 Å². The Morgan fingerprint density at radius 2 is 1.56 bits per heavy atom. The molecule has 1 aliphatic carbocycles. The lowest BCUT2D eigenvalue weighted by molar-refractivity contribution is -0.192.